The lowest BCUT2D eigenvalue weighted by Gasteiger charge is -2.39. The highest BCUT2D eigenvalue weighted by molar-refractivity contribution is 7.12. The summed E-state index contributed by atoms with van der Waals surface area (Å²) in [5.74, 6) is 0.835. The van der Waals surface area contributed by atoms with Gasteiger partial charge in [-0.15, -0.1) is 11.3 Å². The van der Waals surface area contributed by atoms with Gasteiger partial charge in [-0.25, -0.2) is 9.59 Å². The minimum atomic E-state index is -0.709. The zero-order valence-electron chi connectivity index (χ0n) is 22.5. The molecule has 2 aromatic carbocycles. The molecule has 5 rings (SSSR count). The number of amides is 3. The summed E-state index contributed by atoms with van der Waals surface area (Å²) in [7, 11) is 1.66. The quantitative estimate of drug-likeness (QED) is 0.408. The molecule has 9 nitrogen and oxygen atoms in total. The normalized spacial score (nSPS) is 17.9. The molecule has 0 spiro atoms. The van der Waals surface area contributed by atoms with Crippen LogP contribution in [0.4, 0.5) is 4.79 Å². The summed E-state index contributed by atoms with van der Waals surface area (Å²) >= 11 is 1.44. The van der Waals surface area contributed by atoms with Crippen LogP contribution in [0.3, 0.4) is 0 Å². The zero-order chi connectivity index (χ0) is 28.1. The van der Waals surface area contributed by atoms with Gasteiger partial charge >= 0.3 is 12.0 Å². The molecular weight excluding hydrogens is 528 g/mol. The second kappa shape index (κ2) is 12.4. The van der Waals surface area contributed by atoms with Crippen molar-refractivity contribution in [1.29, 1.82) is 0 Å². The molecule has 0 radical (unpaired) electrons. The van der Waals surface area contributed by atoms with Crippen molar-refractivity contribution >= 4 is 29.2 Å². The van der Waals surface area contributed by atoms with Crippen molar-refractivity contribution in [3.05, 3.63) is 93.8 Å². The maximum Gasteiger partial charge on any atom is 0.338 e. The Hall–Kier alpha value is -4.15. The third-order valence-corrected chi connectivity index (χ3v) is 7.87. The molecule has 1 unspecified atom stereocenters. The number of carbonyl (C=O) groups excluding carboxylic acids is 3. The summed E-state index contributed by atoms with van der Waals surface area (Å²) in [4.78, 5) is 45.5. The number of hydrogen-bond acceptors (Lipinski definition) is 7. The van der Waals surface area contributed by atoms with Gasteiger partial charge in [0.05, 0.1) is 23.1 Å². The lowest BCUT2D eigenvalue weighted by atomic mass is 9.94. The molecular formula is C30H32N4O5S. The summed E-state index contributed by atoms with van der Waals surface area (Å²) in [6, 6.07) is 19.5. The number of rotatable bonds is 8. The van der Waals surface area contributed by atoms with E-state index in [4.69, 9.17) is 9.47 Å². The van der Waals surface area contributed by atoms with Crippen molar-refractivity contribution in [3.63, 3.8) is 0 Å². The maximum absolute atomic E-state index is 13.4. The van der Waals surface area contributed by atoms with Gasteiger partial charge in [0.1, 0.15) is 11.5 Å². The molecule has 40 heavy (non-hydrogen) atoms. The minimum absolute atomic E-state index is 0.0351. The highest BCUT2D eigenvalue weighted by atomic mass is 32.1. The monoisotopic (exact) mass is 560 g/mol. The molecule has 3 amide bonds. The standard InChI is InChI=1S/C30H32N4O5S/c1-3-38-29(36)26-24(20-33-14-16-34(17-15-33)28(35)25-13-8-18-40-25)32(2)30(37)31-27(26)21-9-7-12-23(19-21)39-22-10-5-4-6-11-22/h4-13,18-19,27H,3,14-17,20H2,1-2H3,(H,31,37). The fourth-order valence-corrected chi connectivity index (χ4v) is 5.60. The molecule has 1 saturated heterocycles. The summed E-state index contributed by atoms with van der Waals surface area (Å²) in [6.07, 6.45) is 0. The highest BCUT2D eigenvalue weighted by Gasteiger charge is 2.38. The van der Waals surface area contributed by atoms with Gasteiger partial charge in [-0.3, -0.25) is 14.6 Å². The van der Waals surface area contributed by atoms with Gasteiger partial charge in [0, 0.05) is 45.5 Å². The molecule has 3 aromatic rings. The number of ether oxygens (including phenoxy) is 2. The summed E-state index contributed by atoms with van der Waals surface area (Å²) in [5.41, 5.74) is 1.68. The lowest BCUT2D eigenvalue weighted by molar-refractivity contribution is -0.139. The third kappa shape index (κ3) is 6.03. The molecule has 1 atom stereocenters. The Labute approximate surface area is 237 Å². The molecule has 1 N–H and O–H groups in total. The fourth-order valence-electron chi connectivity index (χ4n) is 4.91. The van der Waals surface area contributed by atoms with E-state index in [1.165, 1.54) is 16.2 Å². The molecule has 3 heterocycles. The van der Waals surface area contributed by atoms with Crippen molar-refractivity contribution in [2.24, 2.45) is 0 Å². The Morgan fingerprint density at radius 2 is 1.73 bits per heavy atom. The molecule has 0 saturated carbocycles. The zero-order valence-corrected chi connectivity index (χ0v) is 23.4. The largest absolute Gasteiger partial charge is 0.463 e. The average Bonchev–Trinajstić information content (AvgIpc) is 3.51. The van der Waals surface area contributed by atoms with Gasteiger partial charge in [-0.1, -0.05) is 36.4 Å². The number of para-hydroxylation sites is 1. The molecule has 208 valence electrons. The van der Waals surface area contributed by atoms with Crippen LogP contribution in [0.2, 0.25) is 0 Å². The van der Waals surface area contributed by atoms with E-state index >= 15 is 0 Å². The van der Waals surface area contributed by atoms with Crippen LogP contribution in [-0.2, 0) is 9.53 Å². The predicted octanol–water partition coefficient (Wildman–Crippen LogP) is 4.51. The highest BCUT2D eigenvalue weighted by Crippen LogP contribution is 2.34. The van der Waals surface area contributed by atoms with Gasteiger partial charge < -0.3 is 19.7 Å². The van der Waals surface area contributed by atoms with Crippen LogP contribution in [0, 0.1) is 0 Å². The number of hydrogen-bond donors (Lipinski definition) is 1. The van der Waals surface area contributed by atoms with Gasteiger partial charge in [0.2, 0.25) is 0 Å². The molecule has 2 aliphatic rings. The summed E-state index contributed by atoms with van der Waals surface area (Å²) < 4.78 is 11.5. The summed E-state index contributed by atoms with van der Waals surface area (Å²) in [6.45, 7) is 4.72. The summed E-state index contributed by atoms with van der Waals surface area (Å²) in [5, 5.41) is 4.87. The number of esters is 1. The Morgan fingerprint density at radius 1 is 0.975 bits per heavy atom. The van der Waals surface area contributed by atoms with E-state index in [2.05, 4.69) is 10.2 Å². The van der Waals surface area contributed by atoms with Crippen molar-refractivity contribution in [2.75, 3.05) is 46.4 Å². The number of thiophene rings is 1. The van der Waals surface area contributed by atoms with Gasteiger partial charge in [-0.05, 0) is 48.2 Å². The first-order chi connectivity index (χ1) is 19.4. The van der Waals surface area contributed by atoms with E-state index in [9.17, 15) is 14.4 Å². The first-order valence-corrected chi connectivity index (χ1v) is 14.1. The first-order valence-electron chi connectivity index (χ1n) is 13.3. The Kier molecular flexibility index (Phi) is 8.47. The van der Waals surface area contributed by atoms with Crippen LogP contribution in [0.25, 0.3) is 0 Å². The Bertz CT molecular complexity index is 1380. The van der Waals surface area contributed by atoms with E-state index in [0.717, 1.165) is 4.88 Å². The van der Waals surface area contributed by atoms with Crippen LogP contribution in [0.1, 0.15) is 28.2 Å². The Balaban J connectivity index is 1.40. The minimum Gasteiger partial charge on any atom is -0.463 e. The average molecular weight is 561 g/mol. The van der Waals surface area contributed by atoms with Crippen LogP contribution < -0.4 is 10.1 Å². The number of benzene rings is 2. The van der Waals surface area contributed by atoms with Crippen LogP contribution in [-0.4, -0.2) is 79.0 Å². The molecule has 0 aliphatic carbocycles. The van der Waals surface area contributed by atoms with Crippen molar-refractivity contribution in [2.45, 2.75) is 13.0 Å². The molecule has 1 fully saturated rings. The topological polar surface area (TPSA) is 91.4 Å². The second-order valence-electron chi connectivity index (χ2n) is 9.56. The van der Waals surface area contributed by atoms with Crippen LogP contribution in [0.15, 0.2) is 83.4 Å². The van der Waals surface area contributed by atoms with E-state index in [0.29, 0.717) is 61.1 Å². The molecule has 1 aromatic heterocycles. The van der Waals surface area contributed by atoms with Crippen LogP contribution in [0.5, 0.6) is 11.5 Å². The van der Waals surface area contributed by atoms with Crippen LogP contribution >= 0.6 is 11.3 Å². The SMILES string of the molecule is CCOC(=O)C1=C(CN2CCN(C(=O)c3cccs3)CC2)N(C)C(=O)NC1c1cccc(Oc2ccccc2)c1. The van der Waals surface area contributed by atoms with Crippen molar-refractivity contribution < 1.29 is 23.9 Å². The molecule has 0 bridgehead atoms. The van der Waals surface area contributed by atoms with E-state index < -0.39 is 12.0 Å². The lowest BCUT2D eigenvalue weighted by Crippen LogP contribution is -2.53. The fraction of sp³-hybridized carbons (Fsp3) is 0.300. The number of nitrogens with zero attached hydrogens (tertiary/aromatic N) is 3. The van der Waals surface area contributed by atoms with E-state index in [-0.39, 0.29) is 18.5 Å². The number of urea groups is 1. The van der Waals surface area contributed by atoms with Gasteiger partial charge in [0.25, 0.3) is 5.91 Å². The van der Waals surface area contributed by atoms with Crippen molar-refractivity contribution in [1.82, 2.24) is 20.0 Å². The maximum atomic E-state index is 13.4. The third-order valence-electron chi connectivity index (χ3n) is 7.01. The van der Waals surface area contributed by atoms with Crippen molar-refractivity contribution in [3.8, 4) is 11.5 Å². The second-order valence-corrected chi connectivity index (χ2v) is 10.5. The molecule has 10 heteroatoms. The van der Waals surface area contributed by atoms with Gasteiger partial charge in [0.15, 0.2) is 0 Å². The van der Waals surface area contributed by atoms with E-state index in [1.807, 2.05) is 77.0 Å². The number of carbonyl (C=O) groups is 3. The number of piperazine rings is 1. The van der Waals surface area contributed by atoms with E-state index in [1.54, 1.807) is 14.0 Å². The number of nitrogens with one attached hydrogen (secondary N) is 1. The Morgan fingerprint density at radius 3 is 2.42 bits per heavy atom. The molecule has 2 aliphatic heterocycles. The number of likely N-dealkylation sites (N-methyl/N-ethyl adjacent to an activating group) is 1. The first kappa shape index (κ1) is 27.4. The smallest absolute Gasteiger partial charge is 0.338 e. The predicted molar refractivity (Wildman–Crippen MR) is 152 cm³/mol. The van der Waals surface area contributed by atoms with Gasteiger partial charge in [-0.2, -0.15) is 0 Å².